The fourth-order valence-corrected chi connectivity index (χ4v) is 3.24. The first-order valence-corrected chi connectivity index (χ1v) is 9.11. The molecule has 6 nitrogen and oxygen atoms in total. The molecule has 0 radical (unpaired) electrons. The molecule has 4 aromatic rings. The van der Waals surface area contributed by atoms with Gasteiger partial charge in [0.1, 0.15) is 5.82 Å². The van der Waals surface area contributed by atoms with Crippen molar-refractivity contribution in [1.82, 2.24) is 25.1 Å². The highest BCUT2D eigenvalue weighted by Crippen LogP contribution is 2.42. The minimum Gasteiger partial charge on any atom is -0.323 e. The van der Waals surface area contributed by atoms with Crippen LogP contribution >= 0.6 is 0 Å². The maximum Gasteiger partial charge on any atom is 0.417 e. The van der Waals surface area contributed by atoms with Crippen LogP contribution in [0, 0.1) is 0 Å². The van der Waals surface area contributed by atoms with Gasteiger partial charge < -0.3 is 5.32 Å². The Balaban J connectivity index is 1.61. The molecule has 1 aliphatic rings. The van der Waals surface area contributed by atoms with Crippen molar-refractivity contribution in [3.05, 3.63) is 59.9 Å². The van der Waals surface area contributed by atoms with Crippen LogP contribution in [0.2, 0.25) is 0 Å². The van der Waals surface area contributed by atoms with Crippen molar-refractivity contribution >= 4 is 22.7 Å². The van der Waals surface area contributed by atoms with Crippen molar-refractivity contribution in [3.8, 4) is 11.4 Å². The summed E-state index contributed by atoms with van der Waals surface area (Å²) in [7, 11) is 0. The lowest BCUT2D eigenvalue weighted by molar-refractivity contribution is -0.137. The van der Waals surface area contributed by atoms with Gasteiger partial charge in [0.15, 0.2) is 17.3 Å². The smallest absolute Gasteiger partial charge is 0.323 e. The van der Waals surface area contributed by atoms with E-state index in [1.165, 1.54) is 12.1 Å². The Morgan fingerprint density at radius 2 is 1.86 bits per heavy atom. The lowest BCUT2D eigenvalue weighted by Crippen LogP contribution is -2.09. The van der Waals surface area contributed by atoms with E-state index in [0.717, 1.165) is 30.0 Å². The van der Waals surface area contributed by atoms with Gasteiger partial charge in [-0.25, -0.2) is 15.0 Å². The number of hydrogen-bond acceptors (Lipinski definition) is 5. The zero-order valence-corrected chi connectivity index (χ0v) is 15.0. The number of hydrogen-bond donors (Lipinski definition) is 2. The second kappa shape index (κ2) is 6.54. The second-order valence-corrected chi connectivity index (χ2v) is 6.92. The van der Waals surface area contributed by atoms with E-state index in [1.807, 2.05) is 6.07 Å². The van der Waals surface area contributed by atoms with Gasteiger partial charge in [0.25, 0.3) is 0 Å². The van der Waals surface area contributed by atoms with Crippen LogP contribution in [0.1, 0.15) is 30.0 Å². The van der Waals surface area contributed by atoms with Crippen LogP contribution in [0.25, 0.3) is 22.4 Å². The molecule has 1 saturated carbocycles. The summed E-state index contributed by atoms with van der Waals surface area (Å²) in [5.74, 6) is 1.19. The van der Waals surface area contributed by atoms with Crippen LogP contribution in [0.5, 0.6) is 0 Å². The highest BCUT2D eigenvalue weighted by Gasteiger charge is 2.35. The number of alkyl halides is 3. The number of benzene rings is 1. The van der Waals surface area contributed by atoms with Crippen LogP contribution in [-0.2, 0) is 6.18 Å². The molecule has 1 fully saturated rings. The molecule has 0 amide bonds. The lowest BCUT2D eigenvalue weighted by atomic mass is 10.1. The largest absolute Gasteiger partial charge is 0.417 e. The summed E-state index contributed by atoms with van der Waals surface area (Å²) in [6.07, 6.45) is -0.919. The summed E-state index contributed by atoms with van der Waals surface area (Å²) in [5.41, 5.74) is 0.536. The number of rotatable bonds is 4. The highest BCUT2D eigenvalue weighted by molar-refractivity contribution is 5.88. The fraction of sp³-hybridized carbons (Fsp3) is 0.200. The molecular formula is C20H15F3N6. The predicted octanol–water partition coefficient (Wildman–Crippen LogP) is 5.05. The number of nitrogens with zero attached hydrogens (tertiary/aromatic N) is 4. The summed E-state index contributed by atoms with van der Waals surface area (Å²) >= 11 is 0. The molecule has 0 spiro atoms. The standard InChI is InChI=1S/C20H15F3N6/c21-20(22,23)14-6-2-1-4-12(14)18-25-15(11-7-8-11)10-16(26-18)27-19-13-5-3-9-24-17(13)28-29-19/h1-6,9-11H,7-8H2,(H2,24,25,26,27,28,29). The summed E-state index contributed by atoms with van der Waals surface area (Å²) in [5, 5.41) is 10.9. The van der Waals surface area contributed by atoms with E-state index < -0.39 is 11.7 Å². The number of halogens is 3. The van der Waals surface area contributed by atoms with E-state index in [2.05, 4.69) is 30.5 Å². The zero-order chi connectivity index (χ0) is 20.0. The Morgan fingerprint density at radius 1 is 1.03 bits per heavy atom. The Bertz CT molecular complexity index is 1200. The monoisotopic (exact) mass is 396 g/mol. The topological polar surface area (TPSA) is 79.4 Å². The predicted molar refractivity (Wildman–Crippen MR) is 102 cm³/mol. The summed E-state index contributed by atoms with van der Waals surface area (Å²) in [4.78, 5) is 13.0. The molecule has 0 atom stereocenters. The maximum atomic E-state index is 13.5. The van der Waals surface area contributed by atoms with Crippen molar-refractivity contribution in [1.29, 1.82) is 0 Å². The molecule has 0 saturated heterocycles. The maximum absolute atomic E-state index is 13.5. The molecule has 3 aromatic heterocycles. The molecule has 29 heavy (non-hydrogen) atoms. The number of pyridine rings is 1. The van der Waals surface area contributed by atoms with Gasteiger partial charge in [-0.1, -0.05) is 18.2 Å². The number of aromatic nitrogens is 5. The SMILES string of the molecule is FC(F)(F)c1ccccc1-c1nc(Nc2n[nH]c3ncccc23)cc(C2CC2)n1. The van der Waals surface area contributed by atoms with Gasteiger partial charge >= 0.3 is 6.18 Å². The lowest BCUT2D eigenvalue weighted by Gasteiger charge is -2.14. The van der Waals surface area contributed by atoms with Gasteiger partial charge in [0.05, 0.1) is 10.9 Å². The van der Waals surface area contributed by atoms with E-state index >= 15 is 0 Å². The minimum atomic E-state index is -4.49. The molecule has 1 aromatic carbocycles. The third kappa shape index (κ3) is 3.39. The van der Waals surface area contributed by atoms with Crippen molar-refractivity contribution in [2.75, 3.05) is 5.32 Å². The van der Waals surface area contributed by atoms with Crippen molar-refractivity contribution in [2.45, 2.75) is 24.9 Å². The van der Waals surface area contributed by atoms with Crippen LogP contribution in [0.4, 0.5) is 24.8 Å². The van der Waals surface area contributed by atoms with Crippen molar-refractivity contribution in [2.24, 2.45) is 0 Å². The van der Waals surface area contributed by atoms with Crippen LogP contribution in [-0.4, -0.2) is 25.1 Å². The van der Waals surface area contributed by atoms with Gasteiger partial charge in [0, 0.05) is 29.4 Å². The molecule has 5 rings (SSSR count). The van der Waals surface area contributed by atoms with E-state index in [-0.39, 0.29) is 17.3 Å². The molecule has 0 aliphatic heterocycles. The molecule has 0 bridgehead atoms. The first kappa shape index (κ1) is 17.6. The van der Waals surface area contributed by atoms with E-state index in [9.17, 15) is 13.2 Å². The summed E-state index contributed by atoms with van der Waals surface area (Å²) in [6, 6.07) is 10.8. The molecular weight excluding hydrogens is 381 g/mol. The Hall–Kier alpha value is -3.49. The Kier molecular flexibility index (Phi) is 3.97. The molecule has 0 unspecified atom stereocenters. The number of aromatic amines is 1. The first-order chi connectivity index (χ1) is 14.0. The number of nitrogens with one attached hydrogen (secondary N) is 2. The first-order valence-electron chi connectivity index (χ1n) is 9.11. The van der Waals surface area contributed by atoms with Crippen LogP contribution < -0.4 is 5.32 Å². The van der Waals surface area contributed by atoms with E-state index in [1.54, 1.807) is 24.4 Å². The average Bonchev–Trinajstić information content (AvgIpc) is 3.50. The van der Waals surface area contributed by atoms with Crippen LogP contribution in [0.3, 0.4) is 0 Å². The molecule has 2 N–H and O–H groups in total. The number of H-pyrrole nitrogens is 1. The molecule has 146 valence electrons. The van der Waals surface area contributed by atoms with Crippen LogP contribution in [0.15, 0.2) is 48.7 Å². The van der Waals surface area contributed by atoms with Gasteiger partial charge in [-0.05, 0) is 31.0 Å². The third-order valence-corrected chi connectivity index (χ3v) is 4.80. The Labute approximate surface area is 163 Å². The molecule has 1 aliphatic carbocycles. The highest BCUT2D eigenvalue weighted by atomic mass is 19.4. The van der Waals surface area contributed by atoms with Gasteiger partial charge in [-0.2, -0.15) is 18.3 Å². The van der Waals surface area contributed by atoms with Gasteiger partial charge in [0.2, 0.25) is 0 Å². The third-order valence-electron chi connectivity index (χ3n) is 4.80. The second-order valence-electron chi connectivity index (χ2n) is 6.92. The minimum absolute atomic E-state index is 0.0425. The molecule has 9 heteroatoms. The van der Waals surface area contributed by atoms with E-state index in [0.29, 0.717) is 17.3 Å². The zero-order valence-electron chi connectivity index (χ0n) is 15.0. The van der Waals surface area contributed by atoms with E-state index in [4.69, 9.17) is 0 Å². The number of fused-ring (bicyclic) bond motifs is 1. The average molecular weight is 396 g/mol. The summed E-state index contributed by atoms with van der Waals surface area (Å²) in [6.45, 7) is 0. The fourth-order valence-electron chi connectivity index (χ4n) is 3.24. The van der Waals surface area contributed by atoms with Gasteiger partial charge in [-0.15, -0.1) is 0 Å². The van der Waals surface area contributed by atoms with Crippen molar-refractivity contribution < 1.29 is 13.2 Å². The quantitative estimate of drug-likeness (QED) is 0.504. The molecule has 3 heterocycles. The summed E-state index contributed by atoms with van der Waals surface area (Å²) < 4.78 is 40.5. The van der Waals surface area contributed by atoms with Gasteiger partial charge in [-0.3, -0.25) is 5.10 Å². The van der Waals surface area contributed by atoms with Crippen molar-refractivity contribution in [3.63, 3.8) is 0 Å². The number of anilines is 2. The normalized spacial score (nSPS) is 14.3. The Morgan fingerprint density at radius 3 is 2.66 bits per heavy atom.